The molecule has 1 atom stereocenters. The molecule has 2 amide bonds. The van der Waals surface area contributed by atoms with Crippen molar-refractivity contribution in [2.45, 2.75) is 25.4 Å². The molecule has 1 heterocycles. The van der Waals surface area contributed by atoms with Gasteiger partial charge >= 0.3 is 0 Å². The molecule has 1 aromatic rings. The number of methoxy groups -OCH3 is 1. The Balaban J connectivity index is 1.93. The fourth-order valence-electron chi connectivity index (χ4n) is 2.33. The number of ether oxygens (including phenoxy) is 1. The van der Waals surface area contributed by atoms with Gasteiger partial charge in [-0.3, -0.25) is 9.59 Å². The van der Waals surface area contributed by atoms with Crippen molar-refractivity contribution in [1.29, 1.82) is 0 Å². The van der Waals surface area contributed by atoms with E-state index < -0.39 is 0 Å². The van der Waals surface area contributed by atoms with Crippen LogP contribution in [0.25, 0.3) is 0 Å². The van der Waals surface area contributed by atoms with Crippen LogP contribution in [-0.4, -0.2) is 38.1 Å². The lowest BCUT2D eigenvalue weighted by Crippen LogP contribution is -2.28. The molecule has 1 unspecified atom stereocenters. The molecule has 0 saturated carbocycles. The summed E-state index contributed by atoms with van der Waals surface area (Å²) >= 11 is 0. The van der Waals surface area contributed by atoms with Gasteiger partial charge in [-0.2, -0.15) is 0 Å². The first-order valence-electron chi connectivity index (χ1n) is 7.07. The van der Waals surface area contributed by atoms with E-state index in [1.165, 1.54) is 7.11 Å². The fraction of sp³-hybridized carbons (Fsp3) is 0.467. The van der Waals surface area contributed by atoms with Crippen molar-refractivity contribution in [3.8, 4) is 0 Å². The maximum absolute atomic E-state index is 11.8. The SMILES string of the molecule is COC(CN)CC(=O)Nc1ccc(N2CCCC2=O)cc1. The second-order valence-electron chi connectivity index (χ2n) is 5.04. The van der Waals surface area contributed by atoms with E-state index in [0.29, 0.717) is 18.7 Å². The van der Waals surface area contributed by atoms with E-state index in [4.69, 9.17) is 10.5 Å². The third kappa shape index (κ3) is 4.03. The van der Waals surface area contributed by atoms with E-state index in [2.05, 4.69) is 5.32 Å². The van der Waals surface area contributed by atoms with E-state index in [1.807, 2.05) is 12.1 Å². The Hall–Kier alpha value is -1.92. The Bertz CT molecular complexity index is 497. The topological polar surface area (TPSA) is 84.7 Å². The number of anilines is 2. The summed E-state index contributed by atoms with van der Waals surface area (Å²) in [6, 6.07) is 7.28. The number of benzene rings is 1. The zero-order chi connectivity index (χ0) is 15.2. The van der Waals surface area contributed by atoms with Crippen molar-refractivity contribution in [3.63, 3.8) is 0 Å². The van der Waals surface area contributed by atoms with Gasteiger partial charge in [0.15, 0.2) is 0 Å². The highest BCUT2D eigenvalue weighted by atomic mass is 16.5. The second kappa shape index (κ2) is 7.19. The molecule has 6 nitrogen and oxygen atoms in total. The third-order valence-electron chi connectivity index (χ3n) is 3.55. The van der Waals surface area contributed by atoms with Gasteiger partial charge in [0.05, 0.1) is 12.5 Å². The molecule has 1 aliphatic heterocycles. The fourth-order valence-corrected chi connectivity index (χ4v) is 2.33. The van der Waals surface area contributed by atoms with Crippen LogP contribution in [-0.2, 0) is 14.3 Å². The maximum Gasteiger partial charge on any atom is 0.227 e. The van der Waals surface area contributed by atoms with Crippen molar-refractivity contribution >= 4 is 23.2 Å². The molecule has 0 bridgehead atoms. The average molecular weight is 291 g/mol. The van der Waals surface area contributed by atoms with E-state index in [-0.39, 0.29) is 24.3 Å². The van der Waals surface area contributed by atoms with Crippen molar-refractivity contribution in [2.75, 3.05) is 30.4 Å². The van der Waals surface area contributed by atoms with Crippen LogP contribution < -0.4 is 16.0 Å². The number of rotatable bonds is 6. The third-order valence-corrected chi connectivity index (χ3v) is 3.55. The summed E-state index contributed by atoms with van der Waals surface area (Å²) in [7, 11) is 1.53. The van der Waals surface area contributed by atoms with E-state index in [0.717, 1.165) is 18.7 Å². The number of nitrogens with zero attached hydrogens (tertiary/aromatic N) is 1. The minimum Gasteiger partial charge on any atom is -0.380 e. The normalized spacial score (nSPS) is 16.1. The lowest BCUT2D eigenvalue weighted by Gasteiger charge is -2.16. The number of carbonyl (C=O) groups is 2. The van der Waals surface area contributed by atoms with Crippen molar-refractivity contribution in [1.82, 2.24) is 0 Å². The molecule has 0 spiro atoms. The predicted molar refractivity (Wildman–Crippen MR) is 81.1 cm³/mol. The second-order valence-corrected chi connectivity index (χ2v) is 5.04. The summed E-state index contributed by atoms with van der Waals surface area (Å²) in [4.78, 5) is 25.2. The first kappa shape index (κ1) is 15.5. The zero-order valence-electron chi connectivity index (χ0n) is 12.2. The van der Waals surface area contributed by atoms with Crippen LogP contribution >= 0.6 is 0 Å². The van der Waals surface area contributed by atoms with Crippen LogP contribution in [0.1, 0.15) is 19.3 Å². The monoisotopic (exact) mass is 291 g/mol. The van der Waals surface area contributed by atoms with Crippen LogP contribution in [0, 0.1) is 0 Å². The molecule has 1 aliphatic rings. The molecule has 1 saturated heterocycles. The highest BCUT2D eigenvalue weighted by Crippen LogP contribution is 2.23. The Labute approximate surface area is 124 Å². The molecule has 2 rings (SSSR count). The Morgan fingerprint density at radius 1 is 1.43 bits per heavy atom. The molecule has 0 aromatic heterocycles. The lowest BCUT2D eigenvalue weighted by molar-refractivity contribution is -0.118. The molecule has 21 heavy (non-hydrogen) atoms. The molecule has 0 radical (unpaired) electrons. The Morgan fingerprint density at radius 2 is 2.14 bits per heavy atom. The van der Waals surface area contributed by atoms with E-state index in [9.17, 15) is 9.59 Å². The molecular weight excluding hydrogens is 270 g/mol. The predicted octanol–water partition coefficient (Wildman–Crippen LogP) is 1.12. The van der Waals surface area contributed by atoms with Gasteiger partial charge < -0.3 is 20.7 Å². The molecule has 1 aromatic carbocycles. The molecule has 6 heteroatoms. The van der Waals surface area contributed by atoms with Gasteiger partial charge in [-0.05, 0) is 30.7 Å². The summed E-state index contributed by atoms with van der Waals surface area (Å²) in [6.07, 6.45) is 1.45. The summed E-state index contributed by atoms with van der Waals surface area (Å²) in [6.45, 7) is 1.07. The number of nitrogens with two attached hydrogens (primary N) is 1. The largest absolute Gasteiger partial charge is 0.380 e. The Morgan fingerprint density at radius 3 is 2.67 bits per heavy atom. The van der Waals surface area contributed by atoms with Crippen LogP contribution in [0.2, 0.25) is 0 Å². The van der Waals surface area contributed by atoms with Gasteiger partial charge in [-0.25, -0.2) is 0 Å². The Kier molecular flexibility index (Phi) is 5.30. The summed E-state index contributed by atoms with van der Waals surface area (Å²) in [5, 5.41) is 2.79. The van der Waals surface area contributed by atoms with Crippen LogP contribution in [0.4, 0.5) is 11.4 Å². The van der Waals surface area contributed by atoms with E-state index in [1.54, 1.807) is 17.0 Å². The minimum atomic E-state index is -0.272. The van der Waals surface area contributed by atoms with Crippen LogP contribution in [0.3, 0.4) is 0 Å². The molecule has 114 valence electrons. The van der Waals surface area contributed by atoms with Gasteiger partial charge in [0.25, 0.3) is 0 Å². The van der Waals surface area contributed by atoms with Gasteiger partial charge in [0, 0.05) is 38.0 Å². The summed E-state index contributed by atoms with van der Waals surface area (Å²) in [5.74, 6) is 0.00923. The van der Waals surface area contributed by atoms with E-state index >= 15 is 0 Å². The van der Waals surface area contributed by atoms with Crippen molar-refractivity contribution in [3.05, 3.63) is 24.3 Å². The van der Waals surface area contributed by atoms with Crippen molar-refractivity contribution < 1.29 is 14.3 Å². The van der Waals surface area contributed by atoms with Gasteiger partial charge in [-0.15, -0.1) is 0 Å². The standard InChI is InChI=1S/C15H21N3O3/c1-21-13(10-16)9-14(19)17-11-4-6-12(7-5-11)18-8-2-3-15(18)20/h4-7,13H,2-3,8-10,16H2,1H3,(H,17,19). The highest BCUT2D eigenvalue weighted by molar-refractivity contribution is 5.96. The molecular formula is C15H21N3O3. The van der Waals surface area contributed by atoms with Crippen LogP contribution in [0.15, 0.2) is 24.3 Å². The number of amides is 2. The number of hydrogen-bond acceptors (Lipinski definition) is 4. The lowest BCUT2D eigenvalue weighted by atomic mass is 10.2. The molecule has 1 fully saturated rings. The van der Waals surface area contributed by atoms with Crippen LogP contribution in [0.5, 0.6) is 0 Å². The minimum absolute atomic E-state index is 0.141. The number of carbonyl (C=O) groups excluding carboxylic acids is 2. The summed E-state index contributed by atoms with van der Waals surface area (Å²) in [5.41, 5.74) is 7.05. The average Bonchev–Trinajstić information content (AvgIpc) is 2.92. The number of nitrogens with one attached hydrogen (secondary N) is 1. The quantitative estimate of drug-likeness (QED) is 0.822. The smallest absolute Gasteiger partial charge is 0.227 e. The highest BCUT2D eigenvalue weighted by Gasteiger charge is 2.21. The van der Waals surface area contributed by atoms with Crippen molar-refractivity contribution in [2.24, 2.45) is 5.73 Å². The first-order chi connectivity index (χ1) is 10.1. The molecule has 0 aliphatic carbocycles. The zero-order valence-corrected chi connectivity index (χ0v) is 12.2. The van der Waals surface area contributed by atoms with Gasteiger partial charge in [-0.1, -0.05) is 0 Å². The maximum atomic E-state index is 11.8. The number of hydrogen-bond donors (Lipinski definition) is 2. The first-order valence-corrected chi connectivity index (χ1v) is 7.07. The summed E-state index contributed by atoms with van der Waals surface area (Å²) < 4.78 is 5.08. The van der Waals surface area contributed by atoms with Gasteiger partial charge in [0.1, 0.15) is 0 Å². The molecule has 3 N–H and O–H groups in total. The van der Waals surface area contributed by atoms with Gasteiger partial charge in [0.2, 0.25) is 11.8 Å².